The third-order valence-electron chi connectivity index (χ3n) is 4.56. The number of amides is 1. The lowest BCUT2D eigenvalue weighted by molar-refractivity contribution is -0.113. The number of halogens is 1. The Balaban J connectivity index is 1.68. The molecule has 150 valence electrons. The van der Waals surface area contributed by atoms with Crippen LogP contribution in [0.15, 0.2) is 87.2 Å². The van der Waals surface area contributed by atoms with Crippen LogP contribution in [0.25, 0.3) is 16.6 Å². The predicted octanol–water partition coefficient (Wildman–Crippen LogP) is 5.19. The fourth-order valence-corrected chi connectivity index (χ4v) is 4.17. The highest BCUT2D eigenvalue weighted by atomic mass is 79.9. The van der Waals surface area contributed by atoms with E-state index >= 15 is 0 Å². The molecule has 0 unspecified atom stereocenters. The molecule has 1 heterocycles. The first-order chi connectivity index (χ1) is 14.5. The predicted molar refractivity (Wildman–Crippen MR) is 126 cm³/mol. The monoisotopic (exact) mass is 479 g/mol. The van der Waals surface area contributed by atoms with Gasteiger partial charge in [-0.25, -0.2) is 4.98 Å². The van der Waals surface area contributed by atoms with Gasteiger partial charge in [0.25, 0.3) is 5.56 Å². The molecule has 0 saturated carbocycles. The van der Waals surface area contributed by atoms with Crippen LogP contribution in [0.5, 0.6) is 0 Å². The minimum Gasteiger partial charge on any atom is -0.325 e. The van der Waals surface area contributed by atoms with Crippen LogP contribution in [0.2, 0.25) is 0 Å². The van der Waals surface area contributed by atoms with Crippen molar-refractivity contribution in [3.8, 4) is 5.69 Å². The van der Waals surface area contributed by atoms with Crippen molar-refractivity contribution in [1.29, 1.82) is 0 Å². The maximum absolute atomic E-state index is 13.3. The Bertz CT molecular complexity index is 1290. The number of aryl methyl sites for hydroxylation is 1. The van der Waals surface area contributed by atoms with E-state index in [0.29, 0.717) is 21.7 Å². The van der Waals surface area contributed by atoms with Crippen molar-refractivity contribution >= 4 is 50.2 Å². The summed E-state index contributed by atoms with van der Waals surface area (Å²) in [7, 11) is 0. The summed E-state index contributed by atoms with van der Waals surface area (Å²) >= 11 is 4.62. The van der Waals surface area contributed by atoms with Gasteiger partial charge in [-0.1, -0.05) is 58.0 Å². The maximum Gasteiger partial charge on any atom is 0.266 e. The normalized spacial score (nSPS) is 10.9. The Kier molecular flexibility index (Phi) is 6.01. The number of nitrogens with one attached hydrogen (secondary N) is 1. The van der Waals surface area contributed by atoms with Crippen LogP contribution in [0.1, 0.15) is 5.56 Å². The van der Waals surface area contributed by atoms with Gasteiger partial charge in [-0.05, 0) is 55.0 Å². The van der Waals surface area contributed by atoms with E-state index in [9.17, 15) is 9.59 Å². The Morgan fingerprint density at radius 2 is 1.73 bits per heavy atom. The lowest BCUT2D eigenvalue weighted by Gasteiger charge is -2.15. The number of aromatic nitrogens is 2. The smallest absolute Gasteiger partial charge is 0.266 e. The number of para-hydroxylation sites is 2. The highest BCUT2D eigenvalue weighted by molar-refractivity contribution is 9.10. The molecule has 30 heavy (non-hydrogen) atoms. The molecule has 7 heteroatoms. The summed E-state index contributed by atoms with van der Waals surface area (Å²) in [6, 6.07) is 22.3. The minimum atomic E-state index is -0.166. The van der Waals surface area contributed by atoms with E-state index in [0.717, 1.165) is 15.7 Å². The topological polar surface area (TPSA) is 64.0 Å². The van der Waals surface area contributed by atoms with Gasteiger partial charge >= 0.3 is 0 Å². The number of anilines is 1. The lowest BCUT2D eigenvalue weighted by atomic mass is 10.2. The summed E-state index contributed by atoms with van der Waals surface area (Å²) in [6.45, 7) is 1.95. The summed E-state index contributed by atoms with van der Waals surface area (Å²) in [6.07, 6.45) is 0. The number of fused-ring (bicyclic) bond motifs is 1. The first kappa shape index (κ1) is 20.4. The second-order valence-corrected chi connectivity index (χ2v) is 8.54. The van der Waals surface area contributed by atoms with Gasteiger partial charge in [0, 0.05) is 10.2 Å². The molecule has 0 aliphatic rings. The standard InChI is InChI=1S/C23H18BrN3O2S/c1-15-6-2-5-9-20(15)27-22(29)18-7-3-4-8-19(18)26-23(27)30-14-21(28)25-17-12-10-16(24)11-13-17/h2-13H,14H2,1H3,(H,25,28). The quantitative estimate of drug-likeness (QED) is 0.316. The van der Waals surface area contributed by atoms with E-state index in [4.69, 9.17) is 0 Å². The number of carbonyl (C=O) groups excluding carboxylic acids is 1. The second-order valence-electron chi connectivity index (χ2n) is 6.68. The van der Waals surface area contributed by atoms with E-state index in [-0.39, 0.29) is 17.2 Å². The summed E-state index contributed by atoms with van der Waals surface area (Å²) in [4.78, 5) is 30.4. The molecule has 0 radical (unpaired) electrons. The van der Waals surface area contributed by atoms with Crippen molar-refractivity contribution in [1.82, 2.24) is 9.55 Å². The molecule has 3 aromatic carbocycles. The van der Waals surface area contributed by atoms with Crippen molar-refractivity contribution in [2.24, 2.45) is 0 Å². The molecule has 4 rings (SSSR count). The molecule has 4 aromatic rings. The fraction of sp³-hybridized carbons (Fsp3) is 0.0870. The molecule has 0 spiro atoms. The van der Waals surface area contributed by atoms with Crippen LogP contribution >= 0.6 is 27.7 Å². The first-order valence-corrected chi connectivity index (χ1v) is 11.1. The summed E-state index contributed by atoms with van der Waals surface area (Å²) in [5.41, 5.74) is 2.90. The van der Waals surface area contributed by atoms with Gasteiger partial charge in [-0.3, -0.25) is 14.2 Å². The summed E-state index contributed by atoms with van der Waals surface area (Å²) < 4.78 is 2.53. The van der Waals surface area contributed by atoms with Crippen LogP contribution in [0, 0.1) is 6.92 Å². The van der Waals surface area contributed by atoms with Gasteiger partial charge in [0.1, 0.15) is 0 Å². The Labute approximate surface area is 186 Å². The van der Waals surface area contributed by atoms with Crippen LogP contribution in [0.4, 0.5) is 5.69 Å². The Morgan fingerprint density at radius 3 is 2.50 bits per heavy atom. The van der Waals surface area contributed by atoms with Gasteiger partial charge < -0.3 is 5.32 Å². The van der Waals surface area contributed by atoms with E-state index in [1.54, 1.807) is 10.6 Å². The van der Waals surface area contributed by atoms with Crippen LogP contribution in [-0.4, -0.2) is 21.2 Å². The molecule has 0 saturated heterocycles. The average Bonchev–Trinajstić information content (AvgIpc) is 2.75. The van der Waals surface area contributed by atoms with Gasteiger partial charge in [-0.2, -0.15) is 0 Å². The second kappa shape index (κ2) is 8.85. The third-order valence-corrected chi connectivity index (χ3v) is 6.03. The number of hydrogen-bond acceptors (Lipinski definition) is 4. The lowest BCUT2D eigenvalue weighted by Crippen LogP contribution is -2.23. The highest BCUT2D eigenvalue weighted by Gasteiger charge is 2.16. The van der Waals surface area contributed by atoms with Crippen molar-refractivity contribution in [2.45, 2.75) is 12.1 Å². The van der Waals surface area contributed by atoms with Crippen molar-refractivity contribution in [3.05, 3.63) is 93.2 Å². The summed E-state index contributed by atoms with van der Waals surface area (Å²) in [5.74, 6) is -0.0340. The Morgan fingerprint density at radius 1 is 1.03 bits per heavy atom. The number of rotatable bonds is 5. The molecule has 5 nitrogen and oxygen atoms in total. The SMILES string of the molecule is Cc1ccccc1-n1c(SCC(=O)Nc2ccc(Br)cc2)nc2ccccc2c1=O. The van der Waals surface area contributed by atoms with Crippen LogP contribution < -0.4 is 10.9 Å². The number of nitrogens with zero attached hydrogens (tertiary/aromatic N) is 2. The van der Waals surface area contributed by atoms with Gasteiger partial charge in [0.15, 0.2) is 5.16 Å². The van der Waals surface area contributed by atoms with Crippen LogP contribution in [-0.2, 0) is 4.79 Å². The molecule has 0 atom stereocenters. The fourth-order valence-electron chi connectivity index (χ4n) is 3.10. The maximum atomic E-state index is 13.3. The zero-order valence-corrected chi connectivity index (χ0v) is 18.5. The molecule has 0 aliphatic heterocycles. The van der Waals surface area contributed by atoms with Gasteiger partial charge in [0.05, 0.1) is 22.3 Å². The van der Waals surface area contributed by atoms with E-state index in [2.05, 4.69) is 26.2 Å². The Hall–Kier alpha value is -2.90. The molecule has 1 N–H and O–H groups in total. The van der Waals surface area contributed by atoms with E-state index in [1.165, 1.54) is 11.8 Å². The summed E-state index contributed by atoms with van der Waals surface area (Å²) in [5, 5.41) is 3.90. The molecule has 1 aromatic heterocycles. The zero-order chi connectivity index (χ0) is 21.1. The van der Waals surface area contributed by atoms with Gasteiger partial charge in [0.2, 0.25) is 5.91 Å². The molecular weight excluding hydrogens is 462 g/mol. The molecule has 0 fully saturated rings. The third kappa shape index (κ3) is 4.32. The average molecular weight is 480 g/mol. The largest absolute Gasteiger partial charge is 0.325 e. The minimum absolute atomic E-state index is 0.132. The number of carbonyl (C=O) groups is 1. The molecule has 0 bridgehead atoms. The van der Waals surface area contributed by atoms with E-state index < -0.39 is 0 Å². The van der Waals surface area contributed by atoms with Crippen molar-refractivity contribution < 1.29 is 4.79 Å². The number of thioether (sulfide) groups is 1. The van der Waals surface area contributed by atoms with Crippen LogP contribution in [0.3, 0.4) is 0 Å². The highest BCUT2D eigenvalue weighted by Crippen LogP contribution is 2.23. The van der Waals surface area contributed by atoms with Crippen molar-refractivity contribution in [3.63, 3.8) is 0 Å². The first-order valence-electron chi connectivity index (χ1n) is 9.29. The molecule has 1 amide bonds. The molecular formula is C23H18BrN3O2S. The molecule has 0 aliphatic carbocycles. The number of hydrogen-bond donors (Lipinski definition) is 1. The van der Waals surface area contributed by atoms with Crippen molar-refractivity contribution in [2.75, 3.05) is 11.1 Å². The van der Waals surface area contributed by atoms with E-state index in [1.807, 2.05) is 73.7 Å². The van der Waals surface area contributed by atoms with Gasteiger partial charge in [-0.15, -0.1) is 0 Å². The zero-order valence-electron chi connectivity index (χ0n) is 16.1. The number of benzene rings is 3.